The van der Waals surface area contributed by atoms with Crippen LogP contribution in [0.1, 0.15) is 59.6 Å². The van der Waals surface area contributed by atoms with Gasteiger partial charge >= 0.3 is 12.4 Å². The molecule has 0 saturated carbocycles. The topological polar surface area (TPSA) is 29.1 Å². The minimum absolute atomic E-state index is 0.0465. The van der Waals surface area contributed by atoms with E-state index in [4.69, 9.17) is 0 Å². The second-order valence-corrected chi connectivity index (χ2v) is 8.77. The number of halogens is 6. The molecule has 0 bridgehead atoms. The Kier molecular flexibility index (Phi) is 8.16. The van der Waals surface area contributed by atoms with E-state index in [9.17, 15) is 31.1 Å². The minimum Gasteiger partial charge on any atom is -0.342 e. The SMILES string of the molecule is CCCCC(=O)NC(Cc1ccccc1)(c1cccc(C(F)(F)F)c1)c1cccc(C(F)(F)F)c1C. The van der Waals surface area contributed by atoms with Crippen molar-refractivity contribution in [3.8, 4) is 0 Å². The molecule has 8 heteroatoms. The van der Waals surface area contributed by atoms with Gasteiger partial charge in [0.1, 0.15) is 0 Å². The summed E-state index contributed by atoms with van der Waals surface area (Å²) in [6, 6.07) is 16.7. The van der Waals surface area contributed by atoms with Gasteiger partial charge in [-0.25, -0.2) is 0 Å². The number of alkyl halides is 6. The first-order chi connectivity index (χ1) is 16.9. The molecular weight excluding hydrogens is 480 g/mol. The van der Waals surface area contributed by atoms with Crippen LogP contribution in [0.3, 0.4) is 0 Å². The second-order valence-electron chi connectivity index (χ2n) is 8.77. The molecule has 1 atom stereocenters. The number of rotatable bonds is 8. The van der Waals surface area contributed by atoms with Gasteiger partial charge in [0.05, 0.1) is 16.7 Å². The van der Waals surface area contributed by atoms with E-state index < -0.39 is 34.9 Å². The standard InChI is InChI=1S/C28H27F6NO/c1-3-4-16-25(36)35-26(18-20-10-6-5-7-11-20,21-12-8-13-22(17-21)27(29,30)31)23-14-9-15-24(19(23)2)28(32,33)34/h5-15,17H,3-4,16,18H2,1-2H3,(H,35,36). The Hall–Kier alpha value is -3.29. The molecule has 1 N–H and O–H groups in total. The van der Waals surface area contributed by atoms with Crippen LogP contribution in [-0.2, 0) is 29.1 Å². The summed E-state index contributed by atoms with van der Waals surface area (Å²) in [5, 5.41) is 2.87. The monoisotopic (exact) mass is 507 g/mol. The predicted octanol–water partition coefficient (Wildman–Crippen LogP) is 7.83. The fourth-order valence-electron chi connectivity index (χ4n) is 4.44. The molecule has 2 nitrogen and oxygen atoms in total. The van der Waals surface area contributed by atoms with Crippen LogP contribution < -0.4 is 5.32 Å². The van der Waals surface area contributed by atoms with Crippen molar-refractivity contribution in [3.63, 3.8) is 0 Å². The van der Waals surface area contributed by atoms with Crippen LogP contribution >= 0.6 is 0 Å². The zero-order valence-electron chi connectivity index (χ0n) is 19.9. The van der Waals surface area contributed by atoms with E-state index in [0.717, 1.165) is 18.2 Å². The molecule has 0 aromatic heterocycles. The molecule has 3 aromatic carbocycles. The van der Waals surface area contributed by atoms with Gasteiger partial charge in [-0.05, 0) is 53.8 Å². The lowest BCUT2D eigenvalue weighted by Gasteiger charge is -2.38. The largest absolute Gasteiger partial charge is 0.416 e. The Labute approximate surface area is 206 Å². The van der Waals surface area contributed by atoms with E-state index >= 15 is 0 Å². The van der Waals surface area contributed by atoms with Crippen molar-refractivity contribution in [2.75, 3.05) is 0 Å². The van der Waals surface area contributed by atoms with Crippen molar-refractivity contribution < 1.29 is 31.1 Å². The molecule has 0 aliphatic rings. The normalized spacial score (nSPS) is 13.8. The van der Waals surface area contributed by atoms with E-state index in [1.54, 1.807) is 30.3 Å². The molecule has 0 aliphatic carbocycles. The lowest BCUT2D eigenvalue weighted by molar-refractivity contribution is -0.138. The molecule has 3 rings (SSSR count). The van der Waals surface area contributed by atoms with Crippen molar-refractivity contribution in [2.24, 2.45) is 0 Å². The molecule has 1 amide bonds. The third kappa shape index (κ3) is 6.09. The average Bonchev–Trinajstić information content (AvgIpc) is 2.82. The third-order valence-electron chi connectivity index (χ3n) is 6.20. The fraction of sp³-hybridized carbons (Fsp3) is 0.321. The lowest BCUT2D eigenvalue weighted by Crippen LogP contribution is -2.49. The van der Waals surface area contributed by atoms with Gasteiger partial charge in [-0.3, -0.25) is 4.79 Å². The molecule has 0 radical (unpaired) electrons. The quantitative estimate of drug-likeness (QED) is 0.310. The first-order valence-corrected chi connectivity index (χ1v) is 11.6. The maximum absolute atomic E-state index is 13.9. The average molecular weight is 508 g/mol. The van der Waals surface area contributed by atoms with Gasteiger partial charge in [0, 0.05) is 12.8 Å². The smallest absolute Gasteiger partial charge is 0.342 e. The van der Waals surface area contributed by atoms with Crippen LogP contribution in [0.2, 0.25) is 0 Å². The maximum atomic E-state index is 13.9. The predicted molar refractivity (Wildman–Crippen MR) is 126 cm³/mol. The van der Waals surface area contributed by atoms with Gasteiger partial charge in [-0.1, -0.05) is 67.9 Å². The van der Waals surface area contributed by atoms with Gasteiger partial charge in [0.25, 0.3) is 0 Å². The van der Waals surface area contributed by atoms with E-state index in [2.05, 4.69) is 5.32 Å². The highest BCUT2D eigenvalue weighted by Gasteiger charge is 2.42. The molecule has 36 heavy (non-hydrogen) atoms. The van der Waals surface area contributed by atoms with Crippen LogP contribution in [-0.4, -0.2) is 5.91 Å². The van der Waals surface area contributed by atoms with Crippen LogP contribution in [0.25, 0.3) is 0 Å². The number of nitrogens with one attached hydrogen (secondary N) is 1. The summed E-state index contributed by atoms with van der Waals surface area (Å²) in [5.74, 6) is -0.456. The number of amides is 1. The summed E-state index contributed by atoms with van der Waals surface area (Å²) >= 11 is 0. The zero-order valence-corrected chi connectivity index (χ0v) is 19.9. The maximum Gasteiger partial charge on any atom is 0.416 e. The van der Waals surface area contributed by atoms with E-state index in [-0.39, 0.29) is 29.5 Å². The summed E-state index contributed by atoms with van der Waals surface area (Å²) in [6.45, 7) is 3.16. The Balaban J connectivity index is 2.36. The Morgan fingerprint density at radius 3 is 2.00 bits per heavy atom. The highest BCUT2D eigenvalue weighted by Crippen LogP contribution is 2.42. The highest BCUT2D eigenvalue weighted by molar-refractivity contribution is 5.78. The number of hydrogen-bond acceptors (Lipinski definition) is 1. The van der Waals surface area contributed by atoms with Gasteiger partial charge < -0.3 is 5.32 Å². The molecule has 3 aromatic rings. The Morgan fingerprint density at radius 1 is 0.778 bits per heavy atom. The van der Waals surface area contributed by atoms with Crippen molar-refractivity contribution in [1.29, 1.82) is 0 Å². The number of carbonyl (C=O) groups excluding carboxylic acids is 1. The molecule has 1 unspecified atom stereocenters. The van der Waals surface area contributed by atoms with Gasteiger partial charge in [-0.15, -0.1) is 0 Å². The van der Waals surface area contributed by atoms with Gasteiger partial charge in [0.15, 0.2) is 0 Å². The highest BCUT2D eigenvalue weighted by atomic mass is 19.4. The lowest BCUT2D eigenvalue weighted by atomic mass is 9.75. The Morgan fingerprint density at radius 2 is 1.39 bits per heavy atom. The first kappa shape index (κ1) is 27.3. The molecule has 0 spiro atoms. The van der Waals surface area contributed by atoms with Gasteiger partial charge in [-0.2, -0.15) is 26.3 Å². The van der Waals surface area contributed by atoms with Crippen molar-refractivity contribution in [3.05, 3.63) is 106 Å². The van der Waals surface area contributed by atoms with Crippen LogP contribution in [0.4, 0.5) is 26.3 Å². The van der Waals surface area contributed by atoms with E-state index in [1.807, 2.05) is 6.92 Å². The van der Waals surface area contributed by atoms with Crippen molar-refractivity contribution in [1.82, 2.24) is 5.32 Å². The number of hydrogen-bond donors (Lipinski definition) is 1. The van der Waals surface area contributed by atoms with E-state index in [0.29, 0.717) is 18.4 Å². The van der Waals surface area contributed by atoms with E-state index in [1.165, 1.54) is 31.2 Å². The molecule has 0 fully saturated rings. The summed E-state index contributed by atoms with van der Waals surface area (Å²) in [5.41, 5.74) is -2.92. The summed E-state index contributed by atoms with van der Waals surface area (Å²) in [7, 11) is 0. The number of benzene rings is 3. The molecular formula is C28H27F6NO. The van der Waals surface area contributed by atoms with Crippen LogP contribution in [0.5, 0.6) is 0 Å². The van der Waals surface area contributed by atoms with Crippen molar-refractivity contribution in [2.45, 2.75) is 57.4 Å². The zero-order chi connectivity index (χ0) is 26.6. The first-order valence-electron chi connectivity index (χ1n) is 11.6. The number of unbranched alkanes of at least 4 members (excludes halogenated alkanes) is 1. The molecule has 0 heterocycles. The number of carbonyl (C=O) groups is 1. The second kappa shape index (κ2) is 10.8. The summed E-state index contributed by atoms with van der Waals surface area (Å²) in [6.07, 6.45) is -8.09. The van der Waals surface area contributed by atoms with Crippen molar-refractivity contribution >= 4 is 5.91 Å². The molecule has 0 aliphatic heterocycles. The summed E-state index contributed by atoms with van der Waals surface area (Å²) < 4.78 is 82.6. The van der Waals surface area contributed by atoms with Crippen LogP contribution in [0, 0.1) is 6.92 Å². The minimum atomic E-state index is -4.68. The fourth-order valence-corrected chi connectivity index (χ4v) is 4.44. The summed E-state index contributed by atoms with van der Waals surface area (Å²) in [4.78, 5) is 13.1. The third-order valence-corrected chi connectivity index (χ3v) is 6.20. The van der Waals surface area contributed by atoms with Gasteiger partial charge in [0.2, 0.25) is 5.91 Å². The Bertz CT molecular complexity index is 1190. The molecule has 0 saturated heterocycles. The van der Waals surface area contributed by atoms with Crippen LogP contribution in [0.15, 0.2) is 72.8 Å². The molecule has 192 valence electrons.